The van der Waals surface area contributed by atoms with E-state index in [1.807, 2.05) is 0 Å². The first-order chi connectivity index (χ1) is 5.57. The second-order valence-corrected chi connectivity index (χ2v) is 2.05. The molecule has 1 N–H and O–H groups in total. The molecule has 0 aliphatic rings. The van der Waals surface area contributed by atoms with Gasteiger partial charge in [0.2, 0.25) is 5.95 Å². The summed E-state index contributed by atoms with van der Waals surface area (Å²) in [6.45, 7) is -0.826. The first-order valence-corrected chi connectivity index (χ1v) is 2.97. The number of aromatic nitrogens is 1. The summed E-state index contributed by atoms with van der Waals surface area (Å²) < 4.78 is 37.5. The van der Waals surface area contributed by atoms with Gasteiger partial charge in [0.25, 0.3) is 0 Å². The molecule has 0 unspecified atom stereocenters. The topological polar surface area (TPSA) is 33.1 Å². The van der Waals surface area contributed by atoms with Crippen LogP contribution in [0.1, 0.15) is 5.69 Å². The quantitative estimate of drug-likeness (QED) is 0.392. The molecule has 0 amide bonds. The Morgan fingerprint density at radius 3 is 2.23 bits per heavy atom. The molecular formula is C6H3BF3KNO. The fourth-order valence-electron chi connectivity index (χ4n) is 0.684. The Labute approximate surface area is 116 Å². The summed E-state index contributed by atoms with van der Waals surface area (Å²) in [6.07, 6.45) is 0. The molecule has 7 heteroatoms. The Morgan fingerprint density at radius 2 is 1.77 bits per heavy atom. The zero-order valence-corrected chi connectivity index (χ0v) is 9.94. The normalized spacial score (nSPS) is 9.62. The van der Waals surface area contributed by atoms with Gasteiger partial charge in [-0.1, -0.05) is 0 Å². The molecule has 0 saturated carbocycles. The van der Waals surface area contributed by atoms with Crippen LogP contribution in [0.15, 0.2) is 0 Å². The third-order valence-electron chi connectivity index (χ3n) is 1.29. The molecule has 1 aromatic rings. The maximum Gasteiger partial charge on any atom is 1.00 e. The average molecular weight is 212 g/mol. The van der Waals surface area contributed by atoms with Crippen molar-refractivity contribution in [3.05, 3.63) is 23.3 Å². The maximum atomic E-state index is 12.7. The van der Waals surface area contributed by atoms with E-state index in [9.17, 15) is 13.2 Å². The largest absolute Gasteiger partial charge is 1.00 e. The number of aliphatic hydroxyl groups is 1. The summed E-state index contributed by atoms with van der Waals surface area (Å²) in [7, 11) is 4.82. The van der Waals surface area contributed by atoms with Crippen LogP contribution >= 0.6 is 0 Å². The Balaban J connectivity index is 0.00000144. The zero-order chi connectivity index (χ0) is 9.30. The van der Waals surface area contributed by atoms with Gasteiger partial charge in [-0.05, 0) is 0 Å². The van der Waals surface area contributed by atoms with Crippen LogP contribution in [0, 0.1) is 17.6 Å². The number of aliphatic hydroxyl groups excluding tert-OH is 1. The van der Waals surface area contributed by atoms with Crippen LogP contribution in [-0.2, 0) is 6.61 Å². The molecule has 0 aliphatic carbocycles. The van der Waals surface area contributed by atoms with E-state index in [1.165, 1.54) is 0 Å². The summed E-state index contributed by atoms with van der Waals surface area (Å²) >= 11 is 0. The minimum absolute atomic E-state index is 0. The molecule has 3 radical (unpaired) electrons. The summed E-state index contributed by atoms with van der Waals surface area (Å²) in [5.41, 5.74) is -1.57. The van der Waals surface area contributed by atoms with Crippen molar-refractivity contribution in [1.82, 2.24) is 4.98 Å². The Kier molecular flexibility index (Phi) is 5.73. The van der Waals surface area contributed by atoms with Crippen molar-refractivity contribution in [1.29, 1.82) is 0 Å². The molecular weight excluding hydrogens is 209 g/mol. The smallest absolute Gasteiger partial charge is 0.572 e. The Morgan fingerprint density at radius 1 is 1.23 bits per heavy atom. The summed E-state index contributed by atoms with van der Waals surface area (Å²) in [5, 5.41) is 8.41. The molecule has 0 saturated heterocycles. The minimum atomic E-state index is -1.54. The number of rotatable bonds is 1. The Bertz CT molecular complexity index is 323. The van der Waals surface area contributed by atoms with Crippen molar-refractivity contribution in [2.24, 2.45) is 0 Å². The van der Waals surface area contributed by atoms with E-state index in [2.05, 4.69) is 4.98 Å². The van der Waals surface area contributed by atoms with Gasteiger partial charge in [-0.25, -0.2) is 19.2 Å². The van der Waals surface area contributed by atoms with E-state index < -0.39 is 35.3 Å². The summed E-state index contributed by atoms with van der Waals surface area (Å²) in [4.78, 5) is 2.80. The SMILES string of the molecule is [B-]c1c(F)c(F)nc(CO)c1F.[K+]. The first kappa shape index (κ1) is 13.6. The van der Waals surface area contributed by atoms with Crippen molar-refractivity contribution in [3.63, 3.8) is 0 Å². The van der Waals surface area contributed by atoms with Gasteiger partial charge in [0.15, 0.2) is 0 Å². The standard InChI is InChI=1S/C6H3BF3NO.K/c7-3-4(8)2(1-12)11-6(10)5(3)9;/h12H,1H2;/q-1;+1. The molecule has 63 valence electrons. The molecule has 1 heterocycles. The minimum Gasteiger partial charge on any atom is -0.572 e. The van der Waals surface area contributed by atoms with E-state index in [4.69, 9.17) is 13.0 Å². The predicted molar refractivity (Wildman–Crippen MR) is 35.4 cm³/mol. The predicted octanol–water partition coefficient (Wildman–Crippen LogP) is -3.21. The second kappa shape index (κ2) is 5.47. The maximum absolute atomic E-state index is 12.7. The molecule has 0 atom stereocenters. The first-order valence-electron chi connectivity index (χ1n) is 2.97. The van der Waals surface area contributed by atoms with Crippen LogP contribution in [0.5, 0.6) is 0 Å². The van der Waals surface area contributed by atoms with Crippen molar-refractivity contribution in [2.45, 2.75) is 6.61 Å². The number of halogens is 3. The van der Waals surface area contributed by atoms with Gasteiger partial charge in [0.05, 0.1) is 6.61 Å². The fraction of sp³-hybridized carbons (Fsp3) is 0.167. The van der Waals surface area contributed by atoms with Crippen LogP contribution in [0.4, 0.5) is 13.2 Å². The fourth-order valence-corrected chi connectivity index (χ4v) is 0.684. The number of nitrogens with zero attached hydrogens (tertiary/aromatic N) is 1. The third-order valence-corrected chi connectivity index (χ3v) is 1.29. The van der Waals surface area contributed by atoms with Crippen LogP contribution in [0.25, 0.3) is 0 Å². The number of pyridine rings is 1. The van der Waals surface area contributed by atoms with Crippen LogP contribution in [0.2, 0.25) is 0 Å². The van der Waals surface area contributed by atoms with E-state index in [0.29, 0.717) is 0 Å². The number of hydrogen-bond donors (Lipinski definition) is 1. The number of hydrogen-bond acceptors (Lipinski definition) is 2. The summed E-state index contributed by atoms with van der Waals surface area (Å²) in [6, 6.07) is 0. The molecule has 1 aromatic heterocycles. The van der Waals surface area contributed by atoms with Crippen LogP contribution in [-0.4, -0.2) is 17.9 Å². The van der Waals surface area contributed by atoms with Gasteiger partial charge >= 0.3 is 51.4 Å². The Hall–Kier alpha value is 0.601. The van der Waals surface area contributed by atoms with Gasteiger partial charge in [0.1, 0.15) is 17.3 Å². The van der Waals surface area contributed by atoms with E-state index in [-0.39, 0.29) is 51.4 Å². The average Bonchev–Trinajstić information content (AvgIpc) is 2.08. The van der Waals surface area contributed by atoms with Gasteiger partial charge in [-0.3, -0.25) is 0 Å². The summed E-state index contributed by atoms with van der Waals surface area (Å²) in [5.74, 6) is -4.28. The van der Waals surface area contributed by atoms with Gasteiger partial charge in [-0.15, -0.1) is 0 Å². The van der Waals surface area contributed by atoms with E-state index >= 15 is 0 Å². The van der Waals surface area contributed by atoms with Crippen molar-refractivity contribution < 1.29 is 69.7 Å². The van der Waals surface area contributed by atoms with E-state index in [0.717, 1.165) is 0 Å². The van der Waals surface area contributed by atoms with Crippen molar-refractivity contribution >= 4 is 13.3 Å². The van der Waals surface area contributed by atoms with Crippen LogP contribution in [0.3, 0.4) is 0 Å². The molecule has 0 aromatic carbocycles. The molecule has 13 heavy (non-hydrogen) atoms. The van der Waals surface area contributed by atoms with Crippen molar-refractivity contribution in [3.8, 4) is 0 Å². The van der Waals surface area contributed by atoms with Gasteiger partial charge in [0, 0.05) is 0 Å². The van der Waals surface area contributed by atoms with Gasteiger partial charge < -0.3 is 13.0 Å². The van der Waals surface area contributed by atoms with Crippen LogP contribution < -0.4 is 56.8 Å². The molecule has 1 rings (SSSR count). The molecule has 0 bridgehead atoms. The molecule has 0 fully saturated rings. The monoisotopic (exact) mass is 212 g/mol. The molecule has 0 aliphatic heterocycles. The molecule has 0 spiro atoms. The van der Waals surface area contributed by atoms with Crippen molar-refractivity contribution in [2.75, 3.05) is 0 Å². The molecule has 2 nitrogen and oxygen atoms in total. The van der Waals surface area contributed by atoms with E-state index in [1.54, 1.807) is 0 Å². The third kappa shape index (κ3) is 2.77. The van der Waals surface area contributed by atoms with Gasteiger partial charge in [-0.2, -0.15) is 4.39 Å². The second-order valence-electron chi connectivity index (χ2n) is 2.05. The zero-order valence-electron chi connectivity index (χ0n) is 6.81.